The Morgan fingerprint density at radius 1 is 1.62 bits per heavy atom. The van der Waals surface area contributed by atoms with Crippen LogP contribution >= 0.6 is 0 Å². The first-order valence-corrected chi connectivity index (χ1v) is 4.79. The van der Waals surface area contributed by atoms with Crippen LogP contribution in [0.15, 0.2) is 12.3 Å². The van der Waals surface area contributed by atoms with Crippen molar-refractivity contribution in [3.8, 4) is 0 Å². The fraction of sp³-hybridized carbons (Fsp3) is 0.300. The van der Waals surface area contributed by atoms with Gasteiger partial charge in [-0.2, -0.15) is 5.10 Å². The Balaban J connectivity index is 2.47. The number of aromatic nitrogens is 2. The molecule has 0 radical (unpaired) electrons. The number of hydrogen-bond donors (Lipinski definition) is 3. The lowest BCUT2D eigenvalue weighted by atomic mass is 10.2. The van der Waals surface area contributed by atoms with Crippen LogP contribution in [0.2, 0.25) is 0 Å². The van der Waals surface area contributed by atoms with Crippen LogP contribution in [0.25, 0.3) is 6.08 Å². The standard InChI is InChI=1S/C10H13N3O3/c1-7(14)11-5-3-2-4-8-6-12-13-9(8)10(15)16/h2,4,6H,3,5H2,1H3,(H,11,14)(H,12,13)(H,15,16). The summed E-state index contributed by atoms with van der Waals surface area (Å²) < 4.78 is 0. The number of carboxylic acid groups (broad SMARTS) is 1. The zero-order chi connectivity index (χ0) is 12.0. The molecule has 1 aromatic heterocycles. The molecular weight excluding hydrogens is 210 g/mol. The minimum atomic E-state index is -1.04. The molecule has 0 spiro atoms. The average molecular weight is 223 g/mol. The molecule has 16 heavy (non-hydrogen) atoms. The van der Waals surface area contributed by atoms with Gasteiger partial charge in [-0.05, 0) is 6.42 Å². The molecular formula is C10H13N3O3. The number of carbonyl (C=O) groups excluding carboxylic acids is 1. The molecule has 0 saturated carbocycles. The molecule has 0 aromatic carbocycles. The van der Waals surface area contributed by atoms with Gasteiger partial charge in [-0.3, -0.25) is 9.89 Å². The first kappa shape index (κ1) is 12.0. The molecule has 0 aliphatic rings. The van der Waals surface area contributed by atoms with Crippen LogP contribution in [0.4, 0.5) is 0 Å². The van der Waals surface area contributed by atoms with Gasteiger partial charge in [0.25, 0.3) is 0 Å². The fourth-order valence-electron chi connectivity index (χ4n) is 1.13. The van der Waals surface area contributed by atoms with Crippen molar-refractivity contribution in [2.24, 2.45) is 0 Å². The van der Waals surface area contributed by atoms with E-state index in [0.717, 1.165) is 0 Å². The average Bonchev–Trinajstić information content (AvgIpc) is 2.65. The smallest absolute Gasteiger partial charge is 0.354 e. The summed E-state index contributed by atoms with van der Waals surface area (Å²) in [6.45, 7) is 1.98. The molecule has 6 nitrogen and oxygen atoms in total. The molecule has 0 saturated heterocycles. The van der Waals surface area contributed by atoms with E-state index in [2.05, 4.69) is 15.5 Å². The second-order valence-corrected chi connectivity index (χ2v) is 3.18. The second-order valence-electron chi connectivity index (χ2n) is 3.18. The molecule has 0 atom stereocenters. The summed E-state index contributed by atoms with van der Waals surface area (Å²) in [5.74, 6) is -1.12. The predicted molar refractivity (Wildman–Crippen MR) is 57.9 cm³/mol. The van der Waals surface area contributed by atoms with Crippen molar-refractivity contribution in [3.05, 3.63) is 23.5 Å². The van der Waals surface area contributed by atoms with Crippen LogP contribution in [-0.4, -0.2) is 33.7 Å². The maximum Gasteiger partial charge on any atom is 0.354 e. The lowest BCUT2D eigenvalue weighted by Crippen LogP contribution is -2.20. The van der Waals surface area contributed by atoms with Gasteiger partial charge in [0.05, 0.1) is 6.20 Å². The molecule has 3 N–H and O–H groups in total. The molecule has 86 valence electrons. The van der Waals surface area contributed by atoms with Crippen molar-refractivity contribution in [1.82, 2.24) is 15.5 Å². The van der Waals surface area contributed by atoms with Crippen LogP contribution < -0.4 is 5.32 Å². The van der Waals surface area contributed by atoms with E-state index in [1.54, 1.807) is 12.2 Å². The third-order valence-corrected chi connectivity index (χ3v) is 1.86. The monoisotopic (exact) mass is 223 g/mol. The van der Waals surface area contributed by atoms with Crippen LogP contribution in [0.1, 0.15) is 29.4 Å². The minimum Gasteiger partial charge on any atom is -0.477 e. The van der Waals surface area contributed by atoms with Crippen molar-refractivity contribution in [1.29, 1.82) is 0 Å². The molecule has 6 heteroatoms. The summed E-state index contributed by atoms with van der Waals surface area (Å²) >= 11 is 0. The van der Waals surface area contributed by atoms with Gasteiger partial charge < -0.3 is 10.4 Å². The van der Waals surface area contributed by atoms with Gasteiger partial charge in [0.2, 0.25) is 5.91 Å². The SMILES string of the molecule is CC(=O)NCCC=Cc1cn[nH]c1C(=O)O. The fourth-order valence-corrected chi connectivity index (χ4v) is 1.13. The Bertz CT molecular complexity index is 409. The Hall–Kier alpha value is -2.11. The lowest BCUT2D eigenvalue weighted by Gasteiger charge is -1.96. The number of aromatic amines is 1. The molecule has 0 aliphatic heterocycles. The van der Waals surface area contributed by atoms with Crippen molar-refractivity contribution in [3.63, 3.8) is 0 Å². The van der Waals surface area contributed by atoms with Crippen LogP contribution in [0.3, 0.4) is 0 Å². The van der Waals surface area contributed by atoms with E-state index >= 15 is 0 Å². The predicted octanol–water partition coefficient (Wildman–Crippen LogP) is 0.647. The largest absolute Gasteiger partial charge is 0.477 e. The van der Waals surface area contributed by atoms with E-state index < -0.39 is 5.97 Å². The summed E-state index contributed by atoms with van der Waals surface area (Å²) in [5.41, 5.74) is 0.589. The van der Waals surface area contributed by atoms with E-state index in [1.165, 1.54) is 13.1 Å². The van der Waals surface area contributed by atoms with Gasteiger partial charge in [-0.15, -0.1) is 0 Å². The number of H-pyrrole nitrogens is 1. The summed E-state index contributed by atoms with van der Waals surface area (Å²) in [5, 5.41) is 17.4. The summed E-state index contributed by atoms with van der Waals surface area (Å²) in [4.78, 5) is 21.2. The molecule has 0 aliphatic carbocycles. The number of carboxylic acids is 1. The molecule has 1 rings (SSSR count). The zero-order valence-corrected chi connectivity index (χ0v) is 8.86. The van der Waals surface area contributed by atoms with Crippen LogP contribution in [0, 0.1) is 0 Å². The van der Waals surface area contributed by atoms with Crippen molar-refractivity contribution < 1.29 is 14.7 Å². The number of amides is 1. The van der Waals surface area contributed by atoms with E-state index in [4.69, 9.17) is 5.11 Å². The van der Waals surface area contributed by atoms with E-state index in [1.807, 2.05) is 0 Å². The topological polar surface area (TPSA) is 95.1 Å². The highest BCUT2D eigenvalue weighted by Gasteiger charge is 2.08. The summed E-state index contributed by atoms with van der Waals surface area (Å²) in [6, 6.07) is 0. The van der Waals surface area contributed by atoms with Gasteiger partial charge in [0, 0.05) is 19.0 Å². The number of nitrogens with one attached hydrogen (secondary N) is 2. The van der Waals surface area contributed by atoms with Crippen LogP contribution in [-0.2, 0) is 4.79 Å². The number of nitrogens with zero attached hydrogens (tertiary/aromatic N) is 1. The summed E-state index contributed by atoms with van der Waals surface area (Å²) in [7, 11) is 0. The Morgan fingerprint density at radius 3 is 3.00 bits per heavy atom. The molecule has 0 unspecified atom stereocenters. The lowest BCUT2D eigenvalue weighted by molar-refractivity contribution is -0.118. The van der Waals surface area contributed by atoms with E-state index in [-0.39, 0.29) is 11.6 Å². The molecule has 0 fully saturated rings. The van der Waals surface area contributed by atoms with E-state index in [9.17, 15) is 9.59 Å². The van der Waals surface area contributed by atoms with Gasteiger partial charge in [-0.25, -0.2) is 4.79 Å². The molecule has 1 amide bonds. The minimum absolute atomic E-state index is 0.0655. The third kappa shape index (κ3) is 3.56. The third-order valence-electron chi connectivity index (χ3n) is 1.86. The Morgan fingerprint density at radius 2 is 2.38 bits per heavy atom. The maximum absolute atomic E-state index is 10.7. The van der Waals surface area contributed by atoms with Gasteiger partial charge in [0.1, 0.15) is 0 Å². The number of hydrogen-bond acceptors (Lipinski definition) is 3. The molecule has 0 bridgehead atoms. The normalized spacial score (nSPS) is 10.6. The number of carbonyl (C=O) groups is 2. The maximum atomic E-state index is 10.7. The van der Waals surface area contributed by atoms with Crippen molar-refractivity contribution in [2.75, 3.05) is 6.54 Å². The highest BCUT2D eigenvalue weighted by Crippen LogP contribution is 2.06. The first-order valence-electron chi connectivity index (χ1n) is 4.79. The van der Waals surface area contributed by atoms with Crippen molar-refractivity contribution >= 4 is 18.0 Å². The van der Waals surface area contributed by atoms with Gasteiger partial charge in [0.15, 0.2) is 5.69 Å². The quantitative estimate of drug-likeness (QED) is 0.638. The molecule has 1 heterocycles. The second kappa shape index (κ2) is 5.69. The molecule has 1 aromatic rings. The van der Waals surface area contributed by atoms with Crippen LogP contribution in [0.5, 0.6) is 0 Å². The van der Waals surface area contributed by atoms with E-state index in [0.29, 0.717) is 18.5 Å². The Kier molecular flexibility index (Phi) is 4.26. The van der Waals surface area contributed by atoms with Crippen molar-refractivity contribution in [2.45, 2.75) is 13.3 Å². The zero-order valence-electron chi connectivity index (χ0n) is 8.86. The highest BCUT2D eigenvalue weighted by molar-refractivity contribution is 5.89. The van der Waals surface area contributed by atoms with Gasteiger partial charge >= 0.3 is 5.97 Å². The number of rotatable bonds is 5. The number of aromatic carboxylic acids is 1. The highest BCUT2D eigenvalue weighted by atomic mass is 16.4. The Labute approximate surface area is 92.4 Å². The van der Waals surface area contributed by atoms with Gasteiger partial charge in [-0.1, -0.05) is 12.2 Å². The first-order chi connectivity index (χ1) is 7.61. The summed E-state index contributed by atoms with van der Waals surface area (Å²) in [6.07, 6.45) is 5.53.